The zero-order valence-electron chi connectivity index (χ0n) is 16.5. The molecule has 1 heterocycles. The van der Waals surface area contributed by atoms with Gasteiger partial charge in [0.2, 0.25) is 5.91 Å². The Morgan fingerprint density at radius 1 is 1.37 bits per heavy atom. The Labute approximate surface area is 182 Å². The van der Waals surface area contributed by atoms with Crippen LogP contribution in [-0.4, -0.2) is 42.4 Å². The summed E-state index contributed by atoms with van der Waals surface area (Å²) in [7, 11) is -0.829. The Hall–Kier alpha value is -1.69. The number of nitriles is 1. The fraction of sp³-hybridized carbons (Fsp3) is 0.571. The Morgan fingerprint density at radius 3 is 2.73 bits per heavy atom. The summed E-state index contributed by atoms with van der Waals surface area (Å²) in [4.78, 5) is 14.8. The number of hydrogen-bond donors (Lipinski definition) is 1. The summed E-state index contributed by atoms with van der Waals surface area (Å²) in [6.07, 6.45) is 3.22. The van der Waals surface area contributed by atoms with Gasteiger partial charge in [0.05, 0.1) is 23.7 Å². The van der Waals surface area contributed by atoms with Gasteiger partial charge >= 0.3 is 0 Å². The zero-order valence-corrected chi connectivity index (χ0v) is 18.1. The summed E-state index contributed by atoms with van der Waals surface area (Å²) in [5.74, 6) is 1.18. The van der Waals surface area contributed by atoms with Crippen molar-refractivity contribution in [3.63, 3.8) is 0 Å². The Morgan fingerprint density at radius 2 is 2.13 bits per heavy atom. The molecule has 162 valence electrons. The second kappa shape index (κ2) is 8.10. The molecule has 2 aliphatic carbocycles. The first-order valence-corrected chi connectivity index (χ1v) is 11.8. The summed E-state index contributed by atoms with van der Waals surface area (Å²) in [6, 6.07) is 7.43. The number of halogens is 3. The molecule has 3 aliphatic rings. The summed E-state index contributed by atoms with van der Waals surface area (Å²) in [6.45, 7) is 0.00174. The lowest BCUT2D eigenvalue weighted by atomic mass is 10.1. The molecule has 9 heteroatoms. The number of rotatable bonds is 6. The SMILES string of the molecule is C=S(O[C@H]1CC[C@H](C(=O)NC2(C#N)CC2)C1)c1ccc(N2CCC(F)(F)C2)cc1Cl. The van der Waals surface area contributed by atoms with E-state index < -0.39 is 22.2 Å². The first-order chi connectivity index (χ1) is 14.2. The van der Waals surface area contributed by atoms with E-state index in [2.05, 4.69) is 17.3 Å². The molecule has 1 aromatic carbocycles. The minimum Gasteiger partial charge on any atom is -0.365 e. The summed E-state index contributed by atoms with van der Waals surface area (Å²) in [5, 5.41) is 12.4. The highest BCUT2D eigenvalue weighted by Crippen LogP contribution is 2.41. The summed E-state index contributed by atoms with van der Waals surface area (Å²) in [5.41, 5.74) is 0.0170. The van der Waals surface area contributed by atoms with Crippen molar-refractivity contribution >= 4 is 39.8 Å². The van der Waals surface area contributed by atoms with Crippen molar-refractivity contribution in [3.8, 4) is 6.07 Å². The van der Waals surface area contributed by atoms with Crippen molar-refractivity contribution in [2.75, 3.05) is 18.0 Å². The number of amides is 1. The zero-order chi connectivity index (χ0) is 21.5. The van der Waals surface area contributed by atoms with Gasteiger partial charge in [0.15, 0.2) is 0 Å². The molecule has 4 rings (SSSR count). The third-order valence-corrected chi connectivity index (χ3v) is 7.81. The van der Waals surface area contributed by atoms with Crippen molar-refractivity contribution in [1.82, 2.24) is 5.32 Å². The van der Waals surface area contributed by atoms with Crippen LogP contribution in [0.5, 0.6) is 0 Å². The minimum atomic E-state index is -2.66. The van der Waals surface area contributed by atoms with Gasteiger partial charge in [-0.1, -0.05) is 11.6 Å². The van der Waals surface area contributed by atoms with Crippen molar-refractivity contribution < 1.29 is 17.8 Å². The molecule has 3 fully saturated rings. The molecule has 1 saturated heterocycles. The Balaban J connectivity index is 1.33. The van der Waals surface area contributed by atoms with Crippen molar-refractivity contribution in [2.45, 2.75) is 61.0 Å². The molecule has 5 nitrogen and oxygen atoms in total. The van der Waals surface area contributed by atoms with Crippen LogP contribution in [0, 0.1) is 17.2 Å². The molecule has 1 unspecified atom stereocenters. The normalized spacial score (nSPS) is 27.5. The van der Waals surface area contributed by atoms with Gasteiger partial charge in [-0.2, -0.15) is 5.26 Å². The highest BCUT2D eigenvalue weighted by Gasteiger charge is 2.46. The average Bonchev–Trinajstić information content (AvgIpc) is 3.13. The lowest BCUT2D eigenvalue weighted by molar-refractivity contribution is -0.125. The lowest BCUT2D eigenvalue weighted by Crippen LogP contribution is -2.39. The van der Waals surface area contributed by atoms with Crippen LogP contribution in [0.4, 0.5) is 14.5 Å². The third kappa shape index (κ3) is 4.63. The van der Waals surface area contributed by atoms with Gasteiger partial charge in [-0.15, -0.1) is 0 Å². The van der Waals surface area contributed by atoms with Crippen molar-refractivity contribution in [2.24, 2.45) is 5.92 Å². The van der Waals surface area contributed by atoms with Gasteiger partial charge in [-0.05, 0) is 66.9 Å². The molecule has 0 spiro atoms. The summed E-state index contributed by atoms with van der Waals surface area (Å²) >= 11 is 6.41. The number of carbonyl (C=O) groups excluding carboxylic acids is 1. The van der Waals surface area contributed by atoms with Crippen LogP contribution in [0.1, 0.15) is 38.5 Å². The van der Waals surface area contributed by atoms with E-state index >= 15 is 0 Å². The number of benzene rings is 1. The first kappa shape index (κ1) is 21.5. The van der Waals surface area contributed by atoms with Gasteiger partial charge in [0.1, 0.15) is 5.54 Å². The lowest BCUT2D eigenvalue weighted by Gasteiger charge is -2.21. The molecule has 2 saturated carbocycles. The molecule has 0 radical (unpaired) electrons. The Bertz CT molecular complexity index is 916. The predicted octanol–water partition coefficient (Wildman–Crippen LogP) is 4.52. The third-order valence-electron chi connectivity index (χ3n) is 6.03. The fourth-order valence-electron chi connectivity index (χ4n) is 4.04. The quantitative estimate of drug-likeness (QED) is 0.640. The van der Waals surface area contributed by atoms with Gasteiger partial charge < -0.3 is 14.4 Å². The number of anilines is 1. The average molecular weight is 456 g/mol. The van der Waals surface area contributed by atoms with E-state index in [1.807, 2.05) is 0 Å². The molecule has 0 aromatic heterocycles. The minimum absolute atomic E-state index is 0.0751. The van der Waals surface area contributed by atoms with Crippen LogP contribution < -0.4 is 10.2 Å². The molecule has 1 aromatic rings. The summed E-state index contributed by atoms with van der Waals surface area (Å²) < 4.78 is 33.0. The molecule has 30 heavy (non-hydrogen) atoms. The van der Waals surface area contributed by atoms with E-state index in [1.54, 1.807) is 23.1 Å². The maximum Gasteiger partial charge on any atom is 0.266 e. The van der Waals surface area contributed by atoms with E-state index in [0.29, 0.717) is 42.9 Å². The van der Waals surface area contributed by atoms with Crippen LogP contribution in [0.25, 0.3) is 0 Å². The predicted molar refractivity (Wildman–Crippen MR) is 114 cm³/mol. The van der Waals surface area contributed by atoms with Crippen LogP contribution in [0.3, 0.4) is 0 Å². The first-order valence-electron chi connectivity index (χ1n) is 10.1. The van der Waals surface area contributed by atoms with E-state index in [1.165, 1.54) is 0 Å². The van der Waals surface area contributed by atoms with Gasteiger partial charge in [0.25, 0.3) is 5.92 Å². The van der Waals surface area contributed by atoms with E-state index in [4.69, 9.17) is 21.0 Å². The number of alkyl halides is 2. The second-order valence-electron chi connectivity index (χ2n) is 8.40. The van der Waals surface area contributed by atoms with Crippen LogP contribution in [0.15, 0.2) is 23.1 Å². The largest absolute Gasteiger partial charge is 0.365 e. The molecule has 1 N–H and O–H groups in total. The number of nitrogens with zero attached hydrogens (tertiary/aromatic N) is 2. The number of nitrogens with one attached hydrogen (secondary N) is 1. The van der Waals surface area contributed by atoms with E-state index in [0.717, 1.165) is 11.3 Å². The van der Waals surface area contributed by atoms with E-state index in [9.17, 15) is 13.6 Å². The molecule has 1 aliphatic heterocycles. The topological polar surface area (TPSA) is 65.4 Å². The second-order valence-corrected chi connectivity index (χ2v) is 10.1. The van der Waals surface area contributed by atoms with Crippen molar-refractivity contribution in [3.05, 3.63) is 23.2 Å². The van der Waals surface area contributed by atoms with Crippen LogP contribution >= 0.6 is 22.4 Å². The maximum absolute atomic E-state index is 13.5. The van der Waals surface area contributed by atoms with E-state index in [-0.39, 0.29) is 30.9 Å². The van der Waals surface area contributed by atoms with Crippen LogP contribution in [-0.2, 0) is 8.98 Å². The van der Waals surface area contributed by atoms with Gasteiger partial charge in [-0.25, -0.2) is 8.78 Å². The van der Waals surface area contributed by atoms with Gasteiger partial charge in [0, 0.05) is 29.5 Å². The number of hydrogen-bond acceptors (Lipinski definition) is 4. The van der Waals surface area contributed by atoms with Gasteiger partial charge in [-0.3, -0.25) is 4.79 Å². The molecule has 1 amide bonds. The molecular formula is C21H24ClF2N3O2S. The highest BCUT2D eigenvalue weighted by atomic mass is 35.5. The molecule has 3 atom stereocenters. The van der Waals surface area contributed by atoms with Crippen molar-refractivity contribution in [1.29, 1.82) is 5.26 Å². The number of carbonyl (C=O) groups is 1. The molecule has 0 bridgehead atoms. The fourth-order valence-corrected chi connectivity index (χ4v) is 5.57. The monoisotopic (exact) mass is 455 g/mol. The van der Waals surface area contributed by atoms with Crippen LogP contribution in [0.2, 0.25) is 5.02 Å². The molecular weight excluding hydrogens is 432 g/mol. The standard InChI is InChI=1S/C21H24ClF2N3O2S/c1-30(18-5-3-15(11-17(18)22)27-9-8-21(23,24)13-27)29-16-4-2-14(10-16)19(28)26-20(12-25)6-7-20/h3,5,11,14,16H,1-2,4,6-10,13H2,(H,26,28)/t14-,16-,30?/m0/s1. The maximum atomic E-state index is 13.5. The highest BCUT2D eigenvalue weighted by molar-refractivity contribution is 8.10. The Kier molecular flexibility index (Phi) is 5.82. The smallest absolute Gasteiger partial charge is 0.266 e.